The fraction of sp³-hybridized carbons (Fsp3) is 0.111. The monoisotopic (exact) mass is 183 g/mol. The van der Waals surface area contributed by atoms with Gasteiger partial charge in [0.2, 0.25) is 0 Å². The predicted molar refractivity (Wildman–Crippen MR) is 43.2 cm³/mol. The summed E-state index contributed by atoms with van der Waals surface area (Å²) in [7, 11) is 0. The van der Waals surface area contributed by atoms with E-state index < -0.39 is 18.4 Å². The fourth-order valence-electron chi connectivity index (χ4n) is 0.837. The first-order chi connectivity index (χ1) is 6.25. The molecule has 1 aromatic carbocycles. The van der Waals surface area contributed by atoms with Crippen LogP contribution >= 0.6 is 0 Å². The molecule has 0 aromatic heterocycles. The first kappa shape index (κ1) is 9.83. The van der Waals surface area contributed by atoms with E-state index in [1.54, 1.807) is 6.07 Å². The molecule has 0 aliphatic heterocycles. The van der Waals surface area contributed by atoms with Gasteiger partial charge in [-0.05, 0) is 12.1 Å². The summed E-state index contributed by atoms with van der Waals surface area (Å²) >= 11 is 0. The summed E-state index contributed by atoms with van der Waals surface area (Å²) in [5.74, 6) is -1.21. The molecule has 0 amide bonds. The third-order valence-corrected chi connectivity index (χ3v) is 1.40. The van der Waals surface area contributed by atoms with Crippen LogP contribution in [0.25, 0.3) is 0 Å². The maximum Gasteiger partial charge on any atom is 0.197 e. The summed E-state index contributed by atoms with van der Waals surface area (Å²) in [5, 5.41) is 8.23. The number of carbonyl (C=O) groups is 1. The second-order valence-corrected chi connectivity index (χ2v) is 2.26. The highest BCUT2D eigenvalue weighted by Gasteiger charge is 2.10. The van der Waals surface area contributed by atoms with Crippen LogP contribution < -0.4 is 0 Å². The second kappa shape index (κ2) is 4.69. The van der Waals surface area contributed by atoms with Crippen molar-refractivity contribution in [3.05, 3.63) is 42.3 Å². The van der Waals surface area contributed by atoms with Crippen molar-refractivity contribution in [2.45, 2.75) is 0 Å². The Morgan fingerprint density at radius 1 is 1.54 bits per heavy atom. The van der Waals surface area contributed by atoms with Crippen molar-refractivity contribution in [2.24, 2.45) is 0 Å². The van der Waals surface area contributed by atoms with Gasteiger partial charge >= 0.3 is 0 Å². The smallest absolute Gasteiger partial charge is 0.197 e. The normalized spacial score (nSPS) is 10.0. The van der Waals surface area contributed by atoms with Gasteiger partial charge in [-0.1, -0.05) is 12.1 Å². The summed E-state index contributed by atoms with van der Waals surface area (Å²) in [6, 6.07) is 5.55. The highest BCUT2D eigenvalue weighted by Crippen LogP contribution is 2.08. The Hall–Kier alpha value is -1.26. The first-order valence-corrected chi connectivity index (χ1v) is 3.60. The molecule has 13 heavy (non-hydrogen) atoms. The summed E-state index contributed by atoms with van der Waals surface area (Å²) in [5.41, 5.74) is -0.0732. The Bertz CT molecular complexity index is 299. The molecule has 1 aromatic rings. The number of aliphatic hydroxyl groups excluding tert-OH is 1. The van der Waals surface area contributed by atoms with Crippen LogP contribution in [0.1, 0.15) is 10.4 Å². The Kier molecular flexibility index (Phi) is 3.54. The molecule has 69 valence electrons. The Labute approximate surface area is 74.8 Å². The molecular weight excluding hydrogens is 175 g/mol. The Morgan fingerprint density at radius 2 is 2.23 bits per heavy atom. The van der Waals surface area contributed by atoms with Crippen LogP contribution in [0.5, 0.6) is 0 Å². The number of rotatable bonds is 4. The van der Waals surface area contributed by atoms with Gasteiger partial charge in [-0.15, -0.1) is 0 Å². The van der Waals surface area contributed by atoms with Crippen molar-refractivity contribution in [3.8, 4) is 0 Å². The van der Waals surface area contributed by atoms with Crippen molar-refractivity contribution in [1.82, 2.24) is 0 Å². The van der Waals surface area contributed by atoms with Crippen molar-refractivity contribution in [1.29, 1.82) is 0 Å². The summed E-state index contributed by atoms with van der Waals surface area (Å²) in [6.07, 6.45) is 0. The molecule has 0 bridgehead atoms. The van der Waals surface area contributed by atoms with Gasteiger partial charge < -0.3 is 9.84 Å². The highest BCUT2D eigenvalue weighted by atomic mass is 19.1. The maximum absolute atomic E-state index is 12.9. The molecule has 0 saturated carbocycles. The van der Waals surface area contributed by atoms with Gasteiger partial charge in [0, 0.05) is 0 Å². The number of halogens is 1. The number of hydrogen-bond donors (Lipinski definition) is 1. The molecule has 0 aliphatic rings. The van der Waals surface area contributed by atoms with E-state index in [0.717, 1.165) is 6.61 Å². The van der Waals surface area contributed by atoms with Crippen LogP contribution in [0.2, 0.25) is 0 Å². The SMILES string of the molecule is O=C([CH]OCO)c1ccccc1F. The molecule has 0 fully saturated rings. The zero-order chi connectivity index (χ0) is 9.68. The van der Waals surface area contributed by atoms with Crippen LogP contribution in [0.4, 0.5) is 4.39 Å². The number of Topliss-reactive ketones (excluding diaryl/α,β-unsaturated/α-hetero) is 1. The van der Waals surface area contributed by atoms with Gasteiger partial charge in [0.15, 0.2) is 12.4 Å². The molecule has 0 spiro atoms. The van der Waals surface area contributed by atoms with Gasteiger partial charge in [-0.2, -0.15) is 0 Å². The first-order valence-electron chi connectivity index (χ1n) is 3.60. The Morgan fingerprint density at radius 3 is 2.85 bits per heavy atom. The molecule has 1 N–H and O–H groups in total. The van der Waals surface area contributed by atoms with E-state index in [-0.39, 0.29) is 5.56 Å². The van der Waals surface area contributed by atoms with Gasteiger partial charge in [0.05, 0.1) is 5.56 Å². The van der Waals surface area contributed by atoms with E-state index in [4.69, 9.17) is 5.11 Å². The lowest BCUT2D eigenvalue weighted by atomic mass is 10.1. The van der Waals surface area contributed by atoms with E-state index in [9.17, 15) is 9.18 Å². The maximum atomic E-state index is 12.9. The van der Waals surface area contributed by atoms with E-state index in [1.165, 1.54) is 18.2 Å². The third kappa shape index (κ3) is 2.61. The number of ether oxygens (including phenoxy) is 1. The number of benzene rings is 1. The molecule has 0 saturated heterocycles. The lowest BCUT2D eigenvalue weighted by Gasteiger charge is -2.00. The van der Waals surface area contributed by atoms with Crippen molar-refractivity contribution < 1.29 is 19.0 Å². The van der Waals surface area contributed by atoms with E-state index in [2.05, 4.69) is 4.74 Å². The van der Waals surface area contributed by atoms with Crippen molar-refractivity contribution >= 4 is 5.78 Å². The number of aliphatic hydroxyl groups is 1. The average molecular weight is 183 g/mol. The lowest BCUT2D eigenvalue weighted by molar-refractivity contribution is 0.0317. The molecule has 0 unspecified atom stereocenters. The number of ketones is 1. The minimum absolute atomic E-state index is 0.0732. The second-order valence-electron chi connectivity index (χ2n) is 2.26. The molecule has 4 heteroatoms. The highest BCUT2D eigenvalue weighted by molar-refractivity contribution is 6.01. The zero-order valence-corrected chi connectivity index (χ0v) is 6.74. The van der Waals surface area contributed by atoms with Gasteiger partial charge in [0.1, 0.15) is 12.6 Å². The van der Waals surface area contributed by atoms with E-state index >= 15 is 0 Å². The Balaban J connectivity index is 2.71. The number of carbonyl (C=O) groups excluding carboxylic acids is 1. The molecule has 0 atom stereocenters. The van der Waals surface area contributed by atoms with E-state index in [1.807, 2.05) is 0 Å². The molecule has 3 nitrogen and oxygen atoms in total. The fourth-order valence-corrected chi connectivity index (χ4v) is 0.837. The topological polar surface area (TPSA) is 46.5 Å². The van der Waals surface area contributed by atoms with Crippen LogP contribution in [0, 0.1) is 12.4 Å². The van der Waals surface area contributed by atoms with Gasteiger partial charge in [-0.25, -0.2) is 4.39 Å². The zero-order valence-electron chi connectivity index (χ0n) is 6.74. The molecule has 0 aliphatic carbocycles. The van der Waals surface area contributed by atoms with Crippen LogP contribution in [-0.4, -0.2) is 17.7 Å². The lowest BCUT2D eigenvalue weighted by Crippen LogP contribution is -2.05. The minimum atomic E-state index is -0.606. The van der Waals surface area contributed by atoms with Gasteiger partial charge in [-0.3, -0.25) is 4.79 Å². The minimum Gasteiger partial charge on any atom is -0.371 e. The van der Waals surface area contributed by atoms with Gasteiger partial charge in [0.25, 0.3) is 0 Å². The molecular formula is C9H8FO3. The van der Waals surface area contributed by atoms with Crippen LogP contribution in [0.15, 0.2) is 24.3 Å². The summed E-state index contributed by atoms with van der Waals surface area (Å²) < 4.78 is 17.2. The molecule has 1 rings (SSSR count). The summed E-state index contributed by atoms with van der Waals surface area (Å²) in [6.45, 7) is 0.179. The molecule has 0 heterocycles. The van der Waals surface area contributed by atoms with Crippen LogP contribution in [-0.2, 0) is 4.74 Å². The van der Waals surface area contributed by atoms with Crippen molar-refractivity contribution in [3.63, 3.8) is 0 Å². The quantitative estimate of drug-likeness (QED) is 0.562. The van der Waals surface area contributed by atoms with E-state index in [0.29, 0.717) is 0 Å². The largest absolute Gasteiger partial charge is 0.371 e. The summed E-state index contributed by atoms with van der Waals surface area (Å²) in [4.78, 5) is 11.1. The van der Waals surface area contributed by atoms with Crippen LogP contribution in [0.3, 0.4) is 0 Å². The predicted octanol–water partition coefficient (Wildman–Crippen LogP) is 1.14. The third-order valence-electron chi connectivity index (χ3n) is 1.40. The standard InChI is InChI=1S/C9H8FO3/c10-8-4-2-1-3-7(8)9(12)5-13-6-11/h1-5,11H,6H2. The average Bonchev–Trinajstić information content (AvgIpc) is 2.15. The molecule has 1 radical (unpaired) electrons. The van der Waals surface area contributed by atoms with Crippen molar-refractivity contribution in [2.75, 3.05) is 6.79 Å². The number of hydrogen-bond acceptors (Lipinski definition) is 3.